The minimum absolute atomic E-state index is 0. The summed E-state index contributed by atoms with van der Waals surface area (Å²) in [6, 6.07) is 0. The molecule has 4 radical (unpaired) electrons. The molecule has 0 nitrogen and oxygen atoms in total. The Balaban J connectivity index is 0. The second kappa shape index (κ2) is 47.8. The van der Waals surface area contributed by atoms with E-state index in [-0.39, 0.29) is 146 Å². The predicted molar refractivity (Wildman–Crippen MR) is 23.7 cm³/mol. The molecule has 0 bridgehead atoms. The SMILES string of the molecule is [B].[Be+2].[Cr].[H-].[H-].[La].[SbH3].[W].[Zr]. The summed E-state index contributed by atoms with van der Waals surface area (Å²) in [6.45, 7) is 0. The van der Waals surface area contributed by atoms with Crippen LogP contribution in [0, 0.1) is 35.6 Å². The maximum atomic E-state index is 0. The molecule has 0 aromatic carbocycles. The van der Waals surface area contributed by atoms with E-state index in [1.807, 2.05) is 0 Å². The van der Waals surface area contributed by atoms with Gasteiger partial charge in [-0.1, -0.05) is 0 Å². The van der Waals surface area contributed by atoms with Crippen LogP contribution in [0.2, 0.25) is 0 Å². The minimum Gasteiger partial charge on any atom is 0 e. The summed E-state index contributed by atoms with van der Waals surface area (Å²) in [4.78, 5) is 0. The van der Waals surface area contributed by atoms with Crippen LogP contribution in [-0.4, -0.2) is 43.0 Å². The summed E-state index contributed by atoms with van der Waals surface area (Å²) in [7, 11) is 0. The van der Waals surface area contributed by atoms with Crippen LogP contribution in [-0.2, 0) is 64.6 Å². The summed E-state index contributed by atoms with van der Waals surface area (Å²) in [6.07, 6.45) is 0. The third kappa shape index (κ3) is 38.1. The number of rotatable bonds is 0. The van der Waals surface area contributed by atoms with Crippen LogP contribution in [0.5, 0.6) is 0 Å². The normalized spacial score (nSPS) is 0. The maximum absolute atomic E-state index is 0. The van der Waals surface area contributed by atoms with Gasteiger partial charge < -0.3 is 2.85 Å². The Kier molecular flexibility index (Phi) is 439. The molecule has 0 heterocycles. The average molecular weight is 613 g/mol. The zero-order chi connectivity index (χ0) is 0. The van der Waals surface area contributed by atoms with Gasteiger partial charge >= 0.3 is 34.5 Å². The van der Waals surface area contributed by atoms with Gasteiger partial charge in [0.25, 0.3) is 0 Å². The van der Waals surface area contributed by atoms with Gasteiger partial charge in [0.05, 0.1) is 0 Å². The van der Waals surface area contributed by atoms with Crippen LogP contribution in [0.15, 0.2) is 0 Å². The molecule has 7 heteroatoms. The molecule has 0 aromatic heterocycles. The molecule has 0 N–H and O–H groups in total. The van der Waals surface area contributed by atoms with E-state index in [0.29, 0.717) is 0 Å². The Labute approximate surface area is 143 Å². The van der Waals surface area contributed by atoms with Crippen LogP contribution in [0.4, 0.5) is 0 Å². The Bertz CT molecular complexity index is 26.5. The first-order valence-electron chi connectivity index (χ1n) is 0. The van der Waals surface area contributed by atoms with Gasteiger partial charge in [-0.2, -0.15) is 0 Å². The maximum Gasteiger partial charge on any atom is 0 e. The summed E-state index contributed by atoms with van der Waals surface area (Å²) < 4.78 is 0. The summed E-state index contributed by atoms with van der Waals surface area (Å²) in [5.41, 5.74) is 0. The van der Waals surface area contributed by atoms with Crippen LogP contribution in [0.1, 0.15) is 2.85 Å². The Morgan fingerprint density at radius 2 is 1.14 bits per heavy atom. The van der Waals surface area contributed by atoms with Crippen molar-refractivity contribution in [3.63, 3.8) is 0 Å². The van der Waals surface area contributed by atoms with Crippen molar-refractivity contribution in [1.82, 2.24) is 0 Å². The average Bonchev–Trinajstić information content (AvgIpc) is 0. The van der Waals surface area contributed by atoms with Gasteiger partial charge in [-0.15, -0.1) is 0 Å². The van der Waals surface area contributed by atoms with Gasteiger partial charge in [0.15, 0.2) is 0 Å². The predicted octanol–water partition coefficient (Wildman–Crippen LogP) is -1.73. The fourth-order valence-corrected chi connectivity index (χ4v) is 0. The molecule has 0 aromatic rings. The van der Waals surface area contributed by atoms with Crippen molar-refractivity contribution < 1.29 is 103 Å². The third-order valence-electron chi connectivity index (χ3n) is 0. The monoisotopic (exact) mass is 611 g/mol. The molecule has 0 aliphatic carbocycles. The van der Waals surface area contributed by atoms with E-state index in [1.165, 1.54) is 0 Å². The molecule has 0 aliphatic heterocycles. The quantitative estimate of drug-likeness (QED) is 0.286. The first kappa shape index (κ1) is 64.2. The van der Waals surface area contributed by atoms with Gasteiger partial charge in [0.2, 0.25) is 0 Å². The Morgan fingerprint density at radius 3 is 1.14 bits per heavy atom. The van der Waals surface area contributed by atoms with E-state index in [1.54, 1.807) is 0 Å². The van der Waals surface area contributed by atoms with Gasteiger partial charge in [-0.05, 0) is 0 Å². The van der Waals surface area contributed by atoms with Crippen molar-refractivity contribution in [1.29, 1.82) is 0 Å². The second-order valence-electron chi connectivity index (χ2n) is 0. The van der Waals surface area contributed by atoms with Crippen molar-refractivity contribution in [3.8, 4) is 0 Å². The zero-order valence-electron chi connectivity index (χ0n) is 5.89. The molecule has 0 atom stereocenters. The number of hydrogen-bond donors (Lipinski definition) is 0. The summed E-state index contributed by atoms with van der Waals surface area (Å²) in [5.74, 6) is 0. The molecular formula is H5BBeCrLaSbWZr. The molecule has 0 saturated carbocycles. The fourth-order valence-electron chi connectivity index (χ4n) is 0. The van der Waals surface area contributed by atoms with Crippen molar-refractivity contribution in [2.75, 3.05) is 0 Å². The smallest absolute Gasteiger partial charge is 0 e. The van der Waals surface area contributed by atoms with Gasteiger partial charge in [-0.25, -0.2) is 0 Å². The van der Waals surface area contributed by atoms with Gasteiger partial charge in [-0.3, -0.25) is 0 Å². The van der Waals surface area contributed by atoms with Crippen molar-refractivity contribution >= 4 is 43.0 Å². The largest absolute Gasteiger partial charge is 0 e. The van der Waals surface area contributed by atoms with E-state index < -0.39 is 0 Å². The molecule has 0 unspecified atom stereocenters. The topological polar surface area (TPSA) is 0 Å². The van der Waals surface area contributed by atoms with E-state index in [0.717, 1.165) is 0 Å². The molecule has 0 aliphatic rings. The molecule has 0 amide bonds. The number of hydrogen-bond acceptors (Lipinski definition) is 0. The second-order valence-corrected chi connectivity index (χ2v) is 0. The van der Waals surface area contributed by atoms with Crippen molar-refractivity contribution in [2.24, 2.45) is 0 Å². The van der Waals surface area contributed by atoms with Crippen LogP contribution in [0.3, 0.4) is 0 Å². The minimum atomic E-state index is 0. The van der Waals surface area contributed by atoms with E-state index in [4.69, 9.17) is 0 Å². The molecule has 34 valence electrons. The van der Waals surface area contributed by atoms with Crippen molar-refractivity contribution in [2.45, 2.75) is 0 Å². The molecule has 0 spiro atoms. The van der Waals surface area contributed by atoms with E-state index in [9.17, 15) is 0 Å². The Morgan fingerprint density at radius 1 is 1.14 bits per heavy atom. The summed E-state index contributed by atoms with van der Waals surface area (Å²) in [5, 5.41) is 0. The van der Waals surface area contributed by atoms with Crippen LogP contribution >= 0.6 is 0 Å². The van der Waals surface area contributed by atoms with Crippen LogP contribution < -0.4 is 0 Å². The molecule has 0 saturated heterocycles. The third-order valence-corrected chi connectivity index (χ3v) is 0. The van der Waals surface area contributed by atoms with Gasteiger partial charge in [0, 0.05) is 109 Å². The van der Waals surface area contributed by atoms with Gasteiger partial charge in [0.1, 0.15) is 0 Å². The first-order valence-corrected chi connectivity index (χ1v) is 0. The molecule has 0 fully saturated rings. The molecule has 0 rings (SSSR count). The fraction of sp³-hybridized carbons (Fsp3) is 0. The zero-order valence-corrected chi connectivity index (χ0v) is 18.2. The standard InChI is InChI=1S/B.Be.Cr.La.Sb.W.Zr.5H/q;+2;;;;;;;;;2*-1. The summed E-state index contributed by atoms with van der Waals surface area (Å²) >= 11 is 0. The van der Waals surface area contributed by atoms with E-state index >= 15 is 0 Å². The molecular weight excluding hydrogens is 608 g/mol. The Hall–Kier alpha value is 4.35. The molecule has 7 heavy (non-hydrogen) atoms. The van der Waals surface area contributed by atoms with Crippen LogP contribution in [0.25, 0.3) is 0 Å². The van der Waals surface area contributed by atoms with E-state index in [2.05, 4.69) is 0 Å². The first-order chi connectivity index (χ1) is 0. The van der Waals surface area contributed by atoms with Crippen molar-refractivity contribution in [3.05, 3.63) is 0 Å².